The Hall–Kier alpha value is -0.820. The Morgan fingerprint density at radius 1 is 0.952 bits per heavy atom. The second kappa shape index (κ2) is 8.58. The van der Waals surface area contributed by atoms with E-state index in [0.29, 0.717) is 5.41 Å². The first-order chi connectivity index (χ1) is 10.2. The third-order valence-corrected chi connectivity index (χ3v) is 5.24. The van der Waals surface area contributed by atoms with Crippen molar-refractivity contribution in [2.45, 2.75) is 71.6 Å². The van der Waals surface area contributed by atoms with Gasteiger partial charge in [-0.05, 0) is 69.5 Å². The van der Waals surface area contributed by atoms with Crippen LogP contribution in [-0.4, -0.2) is 13.1 Å². The van der Waals surface area contributed by atoms with Gasteiger partial charge in [-0.15, -0.1) is 0 Å². The Morgan fingerprint density at radius 3 is 2.33 bits per heavy atom. The summed E-state index contributed by atoms with van der Waals surface area (Å²) < 4.78 is 0. The molecule has 1 heteroatoms. The van der Waals surface area contributed by atoms with Crippen LogP contribution in [0.4, 0.5) is 0 Å². The lowest BCUT2D eigenvalue weighted by Gasteiger charge is -2.38. The van der Waals surface area contributed by atoms with Gasteiger partial charge in [-0.25, -0.2) is 0 Å². The summed E-state index contributed by atoms with van der Waals surface area (Å²) in [6, 6.07) is 9.15. The van der Waals surface area contributed by atoms with E-state index >= 15 is 0 Å². The van der Waals surface area contributed by atoms with Gasteiger partial charge in [-0.3, -0.25) is 0 Å². The Kier molecular flexibility index (Phi) is 6.76. The van der Waals surface area contributed by atoms with Crippen LogP contribution in [-0.2, 0) is 6.42 Å². The smallest absolute Gasteiger partial charge is 0.00436 e. The van der Waals surface area contributed by atoms with Crippen molar-refractivity contribution in [3.63, 3.8) is 0 Å². The molecule has 1 fully saturated rings. The van der Waals surface area contributed by atoms with Crippen LogP contribution in [0.2, 0.25) is 0 Å². The maximum atomic E-state index is 3.61. The first-order valence-corrected chi connectivity index (χ1v) is 9.00. The first kappa shape index (κ1) is 16.5. The summed E-state index contributed by atoms with van der Waals surface area (Å²) in [5, 5.41) is 3.61. The first-order valence-electron chi connectivity index (χ1n) is 9.00. The van der Waals surface area contributed by atoms with Crippen molar-refractivity contribution in [1.82, 2.24) is 5.32 Å². The van der Waals surface area contributed by atoms with Crippen molar-refractivity contribution < 1.29 is 0 Å². The van der Waals surface area contributed by atoms with Gasteiger partial charge in [0, 0.05) is 0 Å². The molecule has 1 aromatic rings. The number of rotatable bonds is 8. The van der Waals surface area contributed by atoms with Crippen LogP contribution in [0.25, 0.3) is 0 Å². The predicted molar refractivity (Wildman–Crippen MR) is 92.8 cm³/mol. The summed E-state index contributed by atoms with van der Waals surface area (Å²) in [7, 11) is 0. The molecule has 0 aromatic heterocycles. The molecule has 0 heterocycles. The van der Waals surface area contributed by atoms with Crippen LogP contribution in [0.15, 0.2) is 24.3 Å². The number of hydrogen-bond donors (Lipinski definition) is 1. The molecular weight excluding hydrogens is 254 g/mol. The van der Waals surface area contributed by atoms with Gasteiger partial charge in [-0.1, -0.05) is 56.0 Å². The molecule has 1 aliphatic rings. The SMILES string of the molecule is CCCNCCC1(CCc2ccc(C)cc2)CCCCC1. The van der Waals surface area contributed by atoms with Crippen molar-refractivity contribution >= 4 is 0 Å². The molecule has 0 spiro atoms. The molecule has 1 N–H and O–H groups in total. The molecule has 0 unspecified atom stereocenters. The number of nitrogens with one attached hydrogen (secondary N) is 1. The van der Waals surface area contributed by atoms with Crippen LogP contribution in [0.5, 0.6) is 0 Å². The molecule has 0 bridgehead atoms. The fourth-order valence-corrected chi connectivity index (χ4v) is 3.75. The van der Waals surface area contributed by atoms with Gasteiger partial charge in [0.05, 0.1) is 0 Å². The third kappa shape index (κ3) is 5.47. The van der Waals surface area contributed by atoms with Gasteiger partial charge in [0.1, 0.15) is 0 Å². The van der Waals surface area contributed by atoms with E-state index in [1.165, 1.54) is 82.0 Å². The zero-order chi connectivity index (χ0) is 15.0. The summed E-state index contributed by atoms with van der Waals surface area (Å²) in [4.78, 5) is 0. The molecule has 0 amide bonds. The van der Waals surface area contributed by atoms with Gasteiger partial charge >= 0.3 is 0 Å². The van der Waals surface area contributed by atoms with Crippen molar-refractivity contribution in [1.29, 1.82) is 0 Å². The highest BCUT2D eigenvalue weighted by Gasteiger charge is 2.30. The van der Waals surface area contributed by atoms with Crippen LogP contribution in [0, 0.1) is 12.3 Å². The fraction of sp³-hybridized carbons (Fsp3) is 0.700. The highest BCUT2D eigenvalue weighted by molar-refractivity contribution is 5.21. The zero-order valence-electron chi connectivity index (χ0n) is 14.1. The van der Waals surface area contributed by atoms with Crippen LogP contribution in [0.3, 0.4) is 0 Å². The molecule has 0 aliphatic heterocycles. The second-order valence-electron chi connectivity index (χ2n) is 7.05. The molecule has 1 aliphatic carbocycles. The fourth-order valence-electron chi connectivity index (χ4n) is 3.75. The van der Waals surface area contributed by atoms with E-state index in [9.17, 15) is 0 Å². The minimum absolute atomic E-state index is 0.615. The summed E-state index contributed by atoms with van der Waals surface area (Å²) >= 11 is 0. The summed E-state index contributed by atoms with van der Waals surface area (Å²) in [5.41, 5.74) is 3.51. The molecule has 118 valence electrons. The van der Waals surface area contributed by atoms with Gasteiger partial charge < -0.3 is 5.32 Å². The van der Waals surface area contributed by atoms with E-state index in [-0.39, 0.29) is 0 Å². The molecular formula is C20H33N. The van der Waals surface area contributed by atoms with Gasteiger partial charge in [-0.2, -0.15) is 0 Å². The molecule has 1 aromatic carbocycles. The second-order valence-corrected chi connectivity index (χ2v) is 7.05. The Labute approximate surface area is 131 Å². The minimum Gasteiger partial charge on any atom is -0.317 e. The van der Waals surface area contributed by atoms with Crippen molar-refractivity contribution in [2.24, 2.45) is 5.41 Å². The highest BCUT2D eigenvalue weighted by Crippen LogP contribution is 2.42. The summed E-state index contributed by atoms with van der Waals surface area (Å²) in [6.45, 7) is 6.81. The topological polar surface area (TPSA) is 12.0 Å². The zero-order valence-corrected chi connectivity index (χ0v) is 14.1. The lowest BCUT2D eigenvalue weighted by molar-refractivity contribution is 0.156. The van der Waals surface area contributed by atoms with E-state index in [1.807, 2.05) is 0 Å². The molecule has 1 saturated carbocycles. The molecule has 21 heavy (non-hydrogen) atoms. The molecule has 0 radical (unpaired) electrons. The Morgan fingerprint density at radius 2 is 1.67 bits per heavy atom. The number of benzene rings is 1. The third-order valence-electron chi connectivity index (χ3n) is 5.24. The maximum absolute atomic E-state index is 3.61. The van der Waals surface area contributed by atoms with Crippen molar-refractivity contribution in [3.05, 3.63) is 35.4 Å². The number of hydrogen-bond acceptors (Lipinski definition) is 1. The summed E-state index contributed by atoms with van der Waals surface area (Å²) in [6.07, 6.45) is 12.5. The molecule has 2 rings (SSSR count). The van der Waals surface area contributed by atoms with E-state index in [1.54, 1.807) is 0 Å². The average Bonchev–Trinajstić information content (AvgIpc) is 2.52. The summed E-state index contributed by atoms with van der Waals surface area (Å²) in [5.74, 6) is 0. The van der Waals surface area contributed by atoms with Crippen LogP contribution in [0.1, 0.15) is 69.4 Å². The van der Waals surface area contributed by atoms with E-state index in [2.05, 4.69) is 43.4 Å². The Balaban J connectivity index is 1.87. The van der Waals surface area contributed by atoms with Crippen LogP contribution >= 0.6 is 0 Å². The van der Waals surface area contributed by atoms with Gasteiger partial charge in [0.25, 0.3) is 0 Å². The molecule has 1 nitrogen and oxygen atoms in total. The number of aryl methyl sites for hydroxylation is 2. The van der Waals surface area contributed by atoms with E-state index < -0.39 is 0 Å². The van der Waals surface area contributed by atoms with Crippen molar-refractivity contribution in [3.8, 4) is 0 Å². The highest BCUT2D eigenvalue weighted by atomic mass is 14.8. The quantitative estimate of drug-likeness (QED) is 0.642. The standard InChI is InChI=1S/C20H33N/c1-3-16-21-17-15-20(12-5-4-6-13-20)14-11-19-9-7-18(2)8-10-19/h7-10,21H,3-6,11-17H2,1-2H3. The lowest BCUT2D eigenvalue weighted by atomic mass is 9.68. The maximum Gasteiger partial charge on any atom is -0.00436 e. The van der Waals surface area contributed by atoms with Crippen molar-refractivity contribution in [2.75, 3.05) is 13.1 Å². The Bertz CT molecular complexity index is 387. The van der Waals surface area contributed by atoms with E-state index in [4.69, 9.17) is 0 Å². The van der Waals surface area contributed by atoms with Gasteiger partial charge in [0.15, 0.2) is 0 Å². The molecule has 0 atom stereocenters. The predicted octanol–water partition coefficient (Wildman–Crippen LogP) is 5.27. The normalized spacial score (nSPS) is 17.8. The average molecular weight is 287 g/mol. The molecule has 0 saturated heterocycles. The van der Waals surface area contributed by atoms with E-state index in [0.717, 1.165) is 0 Å². The largest absolute Gasteiger partial charge is 0.317 e. The lowest BCUT2D eigenvalue weighted by Crippen LogP contribution is -2.30. The monoisotopic (exact) mass is 287 g/mol. The van der Waals surface area contributed by atoms with Gasteiger partial charge in [0.2, 0.25) is 0 Å². The minimum atomic E-state index is 0.615. The van der Waals surface area contributed by atoms with Crippen LogP contribution < -0.4 is 5.32 Å².